The fourth-order valence-electron chi connectivity index (χ4n) is 2.78. The van der Waals surface area contributed by atoms with Crippen molar-refractivity contribution in [2.75, 3.05) is 6.54 Å². The molecule has 0 fully saturated rings. The minimum absolute atomic E-state index is 0.235. The molecule has 2 nitrogen and oxygen atoms in total. The molecule has 0 saturated heterocycles. The molecule has 24 heavy (non-hydrogen) atoms. The predicted molar refractivity (Wildman–Crippen MR) is 102 cm³/mol. The SMILES string of the molecule is C=CC[C@@](N)(CCN[C@@H](C)c1ccc(Br)cc1)c1ccc(F)cc1. The van der Waals surface area contributed by atoms with Gasteiger partial charge in [0, 0.05) is 16.1 Å². The van der Waals surface area contributed by atoms with E-state index in [1.54, 1.807) is 12.1 Å². The number of halogens is 2. The van der Waals surface area contributed by atoms with Crippen LogP contribution in [0.2, 0.25) is 0 Å². The van der Waals surface area contributed by atoms with Crippen molar-refractivity contribution >= 4 is 15.9 Å². The van der Waals surface area contributed by atoms with Gasteiger partial charge in [0.05, 0.1) is 0 Å². The fourth-order valence-corrected chi connectivity index (χ4v) is 3.05. The summed E-state index contributed by atoms with van der Waals surface area (Å²) in [6, 6.07) is 14.9. The van der Waals surface area contributed by atoms with E-state index in [0.29, 0.717) is 6.42 Å². The quantitative estimate of drug-likeness (QED) is 0.618. The van der Waals surface area contributed by atoms with Crippen molar-refractivity contribution in [3.63, 3.8) is 0 Å². The molecular formula is C20H24BrFN2. The molecular weight excluding hydrogens is 367 g/mol. The van der Waals surface area contributed by atoms with E-state index < -0.39 is 5.54 Å². The molecule has 4 heteroatoms. The maximum Gasteiger partial charge on any atom is 0.123 e. The molecule has 128 valence electrons. The zero-order valence-corrected chi connectivity index (χ0v) is 15.5. The van der Waals surface area contributed by atoms with Gasteiger partial charge in [-0.15, -0.1) is 6.58 Å². The monoisotopic (exact) mass is 390 g/mol. The third-order valence-electron chi connectivity index (χ3n) is 4.32. The van der Waals surface area contributed by atoms with Gasteiger partial charge >= 0.3 is 0 Å². The standard InChI is InChI=1S/C20H24BrFN2/c1-3-12-20(23,17-6-10-19(22)11-7-17)13-14-24-15(2)16-4-8-18(21)9-5-16/h3-11,15,24H,1,12-14,23H2,2H3/t15-,20+/m0/s1. The smallest absolute Gasteiger partial charge is 0.123 e. The molecule has 2 rings (SSSR count). The lowest BCUT2D eigenvalue weighted by Gasteiger charge is -2.30. The largest absolute Gasteiger partial charge is 0.321 e. The maximum absolute atomic E-state index is 13.2. The third-order valence-corrected chi connectivity index (χ3v) is 4.85. The first-order valence-electron chi connectivity index (χ1n) is 8.09. The average molecular weight is 391 g/mol. The molecule has 0 aliphatic heterocycles. The minimum Gasteiger partial charge on any atom is -0.321 e. The molecule has 0 saturated carbocycles. The summed E-state index contributed by atoms with van der Waals surface area (Å²) in [5.74, 6) is -0.248. The van der Waals surface area contributed by atoms with Crippen molar-refractivity contribution in [1.29, 1.82) is 0 Å². The second-order valence-electron chi connectivity index (χ2n) is 6.13. The predicted octanol–water partition coefficient (Wildman–Crippen LogP) is 5.06. The van der Waals surface area contributed by atoms with Crippen LogP contribution >= 0.6 is 15.9 Å². The van der Waals surface area contributed by atoms with Crippen LogP contribution < -0.4 is 11.1 Å². The Hall–Kier alpha value is -1.49. The van der Waals surface area contributed by atoms with E-state index in [1.165, 1.54) is 17.7 Å². The van der Waals surface area contributed by atoms with Crippen molar-refractivity contribution in [2.45, 2.75) is 31.3 Å². The van der Waals surface area contributed by atoms with Crippen molar-refractivity contribution in [3.8, 4) is 0 Å². The molecule has 0 unspecified atom stereocenters. The zero-order chi connectivity index (χ0) is 17.6. The van der Waals surface area contributed by atoms with E-state index in [0.717, 1.165) is 23.0 Å². The van der Waals surface area contributed by atoms with Crippen LogP contribution in [0.15, 0.2) is 65.7 Å². The molecule has 2 aromatic carbocycles. The first-order chi connectivity index (χ1) is 11.4. The molecule has 2 aromatic rings. The summed E-state index contributed by atoms with van der Waals surface area (Å²) in [5, 5.41) is 3.51. The molecule has 2 atom stereocenters. The molecule has 0 heterocycles. The van der Waals surface area contributed by atoms with Gasteiger partial charge in [0.2, 0.25) is 0 Å². The van der Waals surface area contributed by atoms with Crippen LogP contribution in [-0.4, -0.2) is 6.54 Å². The Morgan fingerprint density at radius 1 is 1.21 bits per heavy atom. The summed E-state index contributed by atoms with van der Waals surface area (Å²) < 4.78 is 14.2. The zero-order valence-electron chi connectivity index (χ0n) is 13.9. The molecule has 0 radical (unpaired) electrons. The second kappa shape index (κ2) is 8.56. The van der Waals surface area contributed by atoms with E-state index in [9.17, 15) is 4.39 Å². The number of hydrogen-bond acceptors (Lipinski definition) is 2. The highest BCUT2D eigenvalue weighted by atomic mass is 79.9. The Morgan fingerprint density at radius 2 is 1.83 bits per heavy atom. The highest BCUT2D eigenvalue weighted by Gasteiger charge is 2.25. The Balaban J connectivity index is 1.99. The van der Waals surface area contributed by atoms with Gasteiger partial charge in [0.1, 0.15) is 5.82 Å². The summed E-state index contributed by atoms with van der Waals surface area (Å²) in [4.78, 5) is 0. The Bertz CT molecular complexity index is 654. The van der Waals surface area contributed by atoms with E-state index in [4.69, 9.17) is 5.73 Å². The summed E-state index contributed by atoms with van der Waals surface area (Å²) in [6.07, 6.45) is 3.21. The summed E-state index contributed by atoms with van der Waals surface area (Å²) in [6.45, 7) is 6.70. The topological polar surface area (TPSA) is 38.0 Å². The Labute approximate surface area is 152 Å². The van der Waals surface area contributed by atoms with Crippen molar-refractivity contribution < 1.29 is 4.39 Å². The Kier molecular flexibility index (Phi) is 6.72. The van der Waals surface area contributed by atoms with Gasteiger partial charge < -0.3 is 11.1 Å². The minimum atomic E-state index is -0.540. The van der Waals surface area contributed by atoms with Crippen LogP contribution in [0.4, 0.5) is 4.39 Å². The number of rotatable bonds is 8. The highest BCUT2D eigenvalue weighted by Crippen LogP contribution is 2.27. The fraction of sp³-hybridized carbons (Fsp3) is 0.300. The van der Waals surface area contributed by atoms with Gasteiger partial charge in [0.25, 0.3) is 0 Å². The van der Waals surface area contributed by atoms with Gasteiger partial charge in [-0.1, -0.05) is 46.3 Å². The lowest BCUT2D eigenvalue weighted by Crippen LogP contribution is -2.39. The molecule has 0 aromatic heterocycles. The van der Waals surface area contributed by atoms with E-state index in [2.05, 4.69) is 46.9 Å². The average Bonchev–Trinajstić information content (AvgIpc) is 2.56. The first kappa shape index (κ1) is 18.8. The Morgan fingerprint density at radius 3 is 2.42 bits per heavy atom. The van der Waals surface area contributed by atoms with Gasteiger partial charge in [-0.3, -0.25) is 0 Å². The van der Waals surface area contributed by atoms with Gasteiger partial charge in [-0.25, -0.2) is 4.39 Å². The first-order valence-corrected chi connectivity index (χ1v) is 8.88. The summed E-state index contributed by atoms with van der Waals surface area (Å²) in [5.41, 5.74) is 8.21. The normalized spacial score (nSPS) is 14.8. The summed E-state index contributed by atoms with van der Waals surface area (Å²) in [7, 11) is 0. The number of benzene rings is 2. The molecule has 0 aliphatic rings. The van der Waals surface area contributed by atoms with Crippen molar-refractivity contribution in [2.24, 2.45) is 5.73 Å². The maximum atomic E-state index is 13.2. The van der Waals surface area contributed by atoms with Crippen molar-refractivity contribution in [3.05, 3.63) is 82.6 Å². The highest BCUT2D eigenvalue weighted by molar-refractivity contribution is 9.10. The van der Waals surface area contributed by atoms with E-state index in [-0.39, 0.29) is 11.9 Å². The van der Waals surface area contributed by atoms with Gasteiger partial charge in [0.15, 0.2) is 0 Å². The molecule has 0 spiro atoms. The van der Waals surface area contributed by atoms with Crippen LogP contribution in [0.25, 0.3) is 0 Å². The second-order valence-corrected chi connectivity index (χ2v) is 7.05. The van der Waals surface area contributed by atoms with Crippen LogP contribution in [0.3, 0.4) is 0 Å². The van der Waals surface area contributed by atoms with Crippen LogP contribution in [0.1, 0.15) is 36.9 Å². The number of hydrogen-bond donors (Lipinski definition) is 2. The lowest BCUT2D eigenvalue weighted by molar-refractivity contribution is 0.388. The summed E-state index contributed by atoms with van der Waals surface area (Å²) >= 11 is 3.45. The van der Waals surface area contributed by atoms with Crippen LogP contribution in [-0.2, 0) is 5.54 Å². The van der Waals surface area contributed by atoms with Crippen LogP contribution in [0, 0.1) is 5.82 Å². The van der Waals surface area contributed by atoms with Gasteiger partial charge in [-0.05, 0) is 61.7 Å². The third kappa shape index (κ3) is 5.00. The number of nitrogens with two attached hydrogens (primary N) is 1. The van der Waals surface area contributed by atoms with E-state index >= 15 is 0 Å². The molecule has 3 N–H and O–H groups in total. The van der Waals surface area contributed by atoms with Gasteiger partial charge in [-0.2, -0.15) is 0 Å². The van der Waals surface area contributed by atoms with Crippen LogP contribution in [0.5, 0.6) is 0 Å². The molecule has 0 bridgehead atoms. The van der Waals surface area contributed by atoms with E-state index in [1.807, 2.05) is 18.2 Å². The number of nitrogens with one attached hydrogen (secondary N) is 1. The lowest BCUT2D eigenvalue weighted by atomic mass is 9.84. The molecule has 0 aliphatic carbocycles. The van der Waals surface area contributed by atoms with Crippen molar-refractivity contribution in [1.82, 2.24) is 5.32 Å². The molecule has 0 amide bonds.